The fourth-order valence-corrected chi connectivity index (χ4v) is 8.83. The fourth-order valence-electron chi connectivity index (χ4n) is 5.57. The van der Waals surface area contributed by atoms with Crippen molar-refractivity contribution >= 4 is 67.4 Å². The van der Waals surface area contributed by atoms with E-state index in [-0.39, 0.29) is 91.4 Å². The van der Waals surface area contributed by atoms with Gasteiger partial charge in [-0.15, -0.1) is 19.6 Å². The summed E-state index contributed by atoms with van der Waals surface area (Å²) in [6.45, 7) is -0.598. The summed E-state index contributed by atoms with van der Waals surface area (Å²) < 4.78 is 81.9. The number of nitrogens with zero attached hydrogens (tertiary/aromatic N) is 4. The highest BCUT2D eigenvalue weighted by molar-refractivity contribution is 7.40. The average Bonchev–Trinajstić information content (AvgIpc) is 3.07. The molecule has 1 rings (SSSR count). The average molecular weight is 1070 g/mol. The van der Waals surface area contributed by atoms with E-state index in [1.54, 1.807) is 19.6 Å². The molecular weight excluding hydrogens is 1020 g/mol. The molecule has 0 aliphatic carbocycles. The van der Waals surface area contributed by atoms with Crippen LogP contribution >= 0.6 is 67.4 Å². The van der Waals surface area contributed by atoms with Gasteiger partial charge in [0.1, 0.15) is 0 Å². The number of rotatable bonds is 28. The normalized spacial score (nSPS) is 21.6. The van der Waals surface area contributed by atoms with Crippen molar-refractivity contribution in [2.24, 2.45) is 0 Å². The molecule has 1 aliphatic rings. The third-order valence-corrected chi connectivity index (χ3v) is 11.7. The van der Waals surface area contributed by atoms with Crippen LogP contribution < -0.4 is 0 Å². The molecule has 0 amide bonds. The van der Waals surface area contributed by atoms with Gasteiger partial charge in [0.15, 0.2) is 0 Å². The SMILES string of the molecule is O=[P+](O)OC(O)(CCN1CCCN(CCC(O)(OP(O)O)O[P+](=O)O)CCN(CCC(O)(OP(O)O)O[P+](=O)O)CCCN(CCC(O)(OP(O)O)O[P+](=O)O)CC1)OP(O)O. The Kier molecular flexibility index (Phi) is 30.0. The van der Waals surface area contributed by atoms with Crippen LogP contribution in [0.1, 0.15) is 38.5 Å². The minimum absolute atomic E-state index is 0.0209. The zero-order chi connectivity index (χ0) is 47.3. The van der Waals surface area contributed by atoms with E-state index in [9.17, 15) is 97.4 Å². The number of aliphatic hydroxyl groups is 4. The maximum Gasteiger partial charge on any atom is 0.700 e. The molecule has 16 N–H and O–H groups in total. The van der Waals surface area contributed by atoms with Crippen LogP contribution in [0.4, 0.5) is 0 Å². The van der Waals surface area contributed by atoms with Crippen LogP contribution in [0, 0.1) is 0 Å². The highest BCUT2D eigenvalue weighted by Gasteiger charge is 2.46. The van der Waals surface area contributed by atoms with Gasteiger partial charge in [-0.25, -0.2) is 0 Å². The Morgan fingerprint density at radius 1 is 0.371 bits per heavy atom. The predicted octanol–water partition coefficient (Wildman–Crippen LogP) is -2.29. The van der Waals surface area contributed by atoms with Gasteiger partial charge in [-0.05, 0) is 39.0 Å². The first-order valence-corrected chi connectivity index (χ1v) is 26.5. The molecule has 0 radical (unpaired) electrons. The zero-order valence-electron chi connectivity index (χ0n) is 32.1. The molecule has 8 unspecified atom stereocenters. The molecule has 0 bridgehead atoms. The van der Waals surface area contributed by atoms with Gasteiger partial charge in [0.25, 0.3) is 0 Å². The van der Waals surface area contributed by atoms with E-state index in [2.05, 4.69) is 36.2 Å². The topological polar surface area (TPSA) is 479 Å². The Bertz CT molecular complexity index is 1180. The third kappa shape index (κ3) is 29.0. The molecule has 1 heterocycles. The molecule has 40 heteroatoms. The molecule has 32 nitrogen and oxygen atoms in total. The van der Waals surface area contributed by atoms with Crippen LogP contribution in [0.3, 0.4) is 0 Å². The minimum Gasteiger partial charge on any atom is -0.340 e. The molecule has 8 atom stereocenters. The predicted molar refractivity (Wildman–Crippen MR) is 207 cm³/mol. The Morgan fingerprint density at radius 2 is 0.548 bits per heavy atom. The van der Waals surface area contributed by atoms with Gasteiger partial charge in [-0.2, -0.15) is 0 Å². The van der Waals surface area contributed by atoms with E-state index in [0.29, 0.717) is 0 Å². The smallest absolute Gasteiger partial charge is 0.340 e. The molecule has 364 valence electrons. The monoisotopic (exact) mass is 1070 g/mol. The van der Waals surface area contributed by atoms with Gasteiger partial charge >= 0.3 is 91.3 Å². The largest absolute Gasteiger partial charge is 0.700 e. The first-order chi connectivity index (χ1) is 28.6. The standard InChI is InChI=1S/C22H48N4O28P8/c27-19(47-55(31)32,48-56(33)34)3-11-23-7-1-8-24(12-4-20(28,49-57(35)36)50-58(37)38)16-18-26(14-6-22(30,53-61(43)44)54-62(45)46)10-2-9-25(17-15-23)13-5-21(29,51-59(39)40)52-60(41)42/h27-32,35-36,39-40,43-44H,1-18H2/p+4. The molecule has 1 fully saturated rings. The van der Waals surface area contributed by atoms with Crippen molar-refractivity contribution in [1.82, 2.24) is 19.6 Å². The minimum atomic E-state index is -3.54. The Labute approximate surface area is 361 Å². The van der Waals surface area contributed by atoms with Crippen molar-refractivity contribution in [3.63, 3.8) is 0 Å². The van der Waals surface area contributed by atoms with E-state index in [1.165, 1.54) is 0 Å². The van der Waals surface area contributed by atoms with Crippen LogP contribution in [-0.2, 0) is 54.5 Å². The Hall–Kier alpha value is 1.000. The third-order valence-electron chi connectivity index (χ3n) is 8.12. The van der Waals surface area contributed by atoms with Gasteiger partial charge in [0.2, 0.25) is 0 Å². The molecule has 1 aliphatic heterocycles. The molecule has 0 saturated carbocycles. The van der Waals surface area contributed by atoms with E-state index >= 15 is 0 Å². The Morgan fingerprint density at radius 3 is 0.694 bits per heavy atom. The van der Waals surface area contributed by atoms with Crippen LogP contribution in [0.15, 0.2) is 0 Å². The second-order valence-electron chi connectivity index (χ2n) is 12.6. The van der Waals surface area contributed by atoms with Gasteiger partial charge in [-0.3, -0.25) is 18.1 Å². The highest BCUT2D eigenvalue weighted by Crippen LogP contribution is 2.42. The molecule has 62 heavy (non-hydrogen) atoms. The fraction of sp³-hybridized carbons (Fsp3) is 1.00. The van der Waals surface area contributed by atoms with Crippen molar-refractivity contribution in [2.45, 2.75) is 62.4 Å². The van der Waals surface area contributed by atoms with Crippen LogP contribution in [-0.4, -0.2) is 201 Å². The van der Waals surface area contributed by atoms with Gasteiger partial charge in [0, 0.05) is 96.3 Å². The van der Waals surface area contributed by atoms with Gasteiger partial charge in [-0.1, -0.05) is 18.1 Å². The van der Waals surface area contributed by atoms with Crippen molar-refractivity contribution in [1.29, 1.82) is 0 Å². The van der Waals surface area contributed by atoms with Crippen LogP contribution in [0.5, 0.6) is 0 Å². The van der Waals surface area contributed by atoms with E-state index in [4.69, 9.17) is 0 Å². The van der Waals surface area contributed by atoms with Crippen molar-refractivity contribution in [3.05, 3.63) is 0 Å². The molecule has 1 saturated heterocycles. The first-order valence-electron chi connectivity index (χ1n) is 17.3. The summed E-state index contributed by atoms with van der Waals surface area (Å²) in [6, 6.07) is 0. The maximum absolute atomic E-state index is 11.4. The molecule has 0 spiro atoms. The lowest BCUT2D eigenvalue weighted by Crippen LogP contribution is -2.46. The quantitative estimate of drug-likeness (QED) is 0.0290. The Balaban J connectivity index is 3.58. The number of hydrogen-bond acceptors (Lipinski definition) is 28. The van der Waals surface area contributed by atoms with Crippen LogP contribution in [0.25, 0.3) is 0 Å². The molecular formula is C22H52N4O28P8+4. The number of hydrogen-bond donors (Lipinski definition) is 16. The molecule has 0 aromatic carbocycles. The summed E-state index contributed by atoms with van der Waals surface area (Å²) >= 11 is 0. The second kappa shape index (κ2) is 30.5. The summed E-state index contributed by atoms with van der Waals surface area (Å²) in [5.74, 6) is -11.9. The van der Waals surface area contributed by atoms with Crippen molar-refractivity contribution < 1.29 is 134 Å². The lowest BCUT2D eigenvalue weighted by Gasteiger charge is -2.34. The lowest BCUT2D eigenvalue weighted by atomic mass is 10.2. The summed E-state index contributed by atoms with van der Waals surface area (Å²) in [7, 11) is -27.4. The summed E-state index contributed by atoms with van der Waals surface area (Å²) in [4.78, 5) is 118. The van der Waals surface area contributed by atoms with Crippen molar-refractivity contribution in [3.8, 4) is 0 Å². The maximum atomic E-state index is 11.4. The second-order valence-corrected chi connectivity index (χ2v) is 18.0. The van der Waals surface area contributed by atoms with Crippen LogP contribution in [0.2, 0.25) is 0 Å². The summed E-state index contributed by atoms with van der Waals surface area (Å²) in [5, 5.41) is 42.7. The lowest BCUT2D eigenvalue weighted by molar-refractivity contribution is -0.282. The first kappa shape index (κ1) is 61.0. The molecule has 0 aromatic rings. The van der Waals surface area contributed by atoms with E-state index in [1.807, 2.05) is 0 Å². The van der Waals surface area contributed by atoms with Gasteiger partial charge < -0.3 is 79.2 Å². The zero-order valence-corrected chi connectivity index (χ0v) is 39.3. The van der Waals surface area contributed by atoms with Gasteiger partial charge in [0.05, 0.1) is 0 Å². The highest BCUT2D eigenvalue weighted by atomic mass is 31.2. The summed E-state index contributed by atoms with van der Waals surface area (Å²) in [5.41, 5.74) is 0. The van der Waals surface area contributed by atoms with E-state index < -0.39 is 117 Å². The summed E-state index contributed by atoms with van der Waals surface area (Å²) in [6.07, 6.45) is -2.32. The molecule has 0 aromatic heterocycles. The van der Waals surface area contributed by atoms with E-state index in [0.717, 1.165) is 0 Å². The van der Waals surface area contributed by atoms with Crippen molar-refractivity contribution in [2.75, 3.05) is 78.5 Å².